The second-order valence-corrected chi connectivity index (χ2v) is 3.85. The first-order chi connectivity index (χ1) is 5.57. The smallest absolute Gasteiger partial charge is 0.220 e. The van der Waals surface area contributed by atoms with Crippen molar-refractivity contribution in [3.63, 3.8) is 0 Å². The Kier molecular flexibility index (Phi) is 6.38. The fraction of sp³-hybridized carbons (Fsp3) is 0.875. The summed E-state index contributed by atoms with van der Waals surface area (Å²) in [4.78, 5) is 10.9. The highest BCUT2D eigenvalue weighted by Crippen LogP contribution is 1.98. The molecule has 0 radical (unpaired) electrons. The Morgan fingerprint density at radius 1 is 1.58 bits per heavy atom. The number of alkyl halides is 1. The second kappa shape index (κ2) is 6.43. The predicted octanol–water partition coefficient (Wildman–Crippen LogP) is 0.905. The molecule has 0 aliphatic rings. The number of nitrogens with one attached hydrogen (secondary N) is 1. The van der Waals surface area contributed by atoms with Crippen LogP contribution in [0.3, 0.4) is 0 Å². The summed E-state index contributed by atoms with van der Waals surface area (Å²) in [7, 11) is 0. The van der Waals surface area contributed by atoms with Gasteiger partial charge in [0.2, 0.25) is 5.91 Å². The lowest BCUT2D eigenvalue weighted by Gasteiger charge is -2.14. The fourth-order valence-corrected chi connectivity index (χ4v) is 0.988. The molecule has 0 spiro atoms. The quantitative estimate of drug-likeness (QED) is 0.699. The first-order valence-electron chi connectivity index (χ1n) is 4.08. The van der Waals surface area contributed by atoms with E-state index in [2.05, 4.69) is 21.2 Å². The minimum atomic E-state index is -0.440. The molecule has 0 aromatic carbocycles. The first kappa shape index (κ1) is 11.9. The Labute approximate surface area is 81.7 Å². The normalized spacial score (nSPS) is 13.1. The standard InChI is InChI=1S/C8H16BrNO2/c1-6(2)7(11)5-10-8(12)3-4-9/h6-7,11H,3-5H2,1-2H3,(H,10,12). The molecule has 0 aliphatic carbocycles. The van der Waals surface area contributed by atoms with Crippen LogP contribution in [0.2, 0.25) is 0 Å². The van der Waals surface area contributed by atoms with E-state index in [9.17, 15) is 9.90 Å². The lowest BCUT2D eigenvalue weighted by Crippen LogP contribution is -2.34. The van der Waals surface area contributed by atoms with Crippen molar-refractivity contribution in [2.75, 3.05) is 11.9 Å². The molecule has 12 heavy (non-hydrogen) atoms. The Hall–Kier alpha value is -0.0900. The summed E-state index contributed by atoms with van der Waals surface area (Å²) in [5.41, 5.74) is 0. The first-order valence-corrected chi connectivity index (χ1v) is 5.20. The van der Waals surface area contributed by atoms with Crippen molar-refractivity contribution in [1.82, 2.24) is 5.32 Å². The molecule has 0 heterocycles. The van der Waals surface area contributed by atoms with Crippen molar-refractivity contribution < 1.29 is 9.90 Å². The molecular weight excluding hydrogens is 222 g/mol. The lowest BCUT2D eigenvalue weighted by molar-refractivity contribution is -0.121. The maximum atomic E-state index is 10.9. The summed E-state index contributed by atoms with van der Waals surface area (Å²) >= 11 is 3.16. The molecule has 72 valence electrons. The van der Waals surface area contributed by atoms with Crippen molar-refractivity contribution >= 4 is 21.8 Å². The molecule has 0 aromatic heterocycles. The van der Waals surface area contributed by atoms with E-state index < -0.39 is 6.10 Å². The number of aliphatic hydroxyl groups is 1. The third-order valence-electron chi connectivity index (χ3n) is 1.60. The summed E-state index contributed by atoms with van der Waals surface area (Å²) in [6.45, 7) is 4.19. The predicted molar refractivity (Wildman–Crippen MR) is 52.3 cm³/mol. The van der Waals surface area contributed by atoms with Crippen molar-refractivity contribution in [1.29, 1.82) is 0 Å². The molecule has 0 fully saturated rings. The number of hydrogen-bond acceptors (Lipinski definition) is 2. The third kappa shape index (κ3) is 5.55. The van der Waals surface area contributed by atoms with Crippen LogP contribution < -0.4 is 5.32 Å². The number of rotatable bonds is 5. The molecule has 0 aliphatic heterocycles. The van der Waals surface area contributed by atoms with Gasteiger partial charge in [0.1, 0.15) is 0 Å². The van der Waals surface area contributed by atoms with E-state index in [-0.39, 0.29) is 11.8 Å². The van der Waals surface area contributed by atoms with Gasteiger partial charge in [-0.25, -0.2) is 0 Å². The Morgan fingerprint density at radius 3 is 2.58 bits per heavy atom. The molecule has 2 N–H and O–H groups in total. The molecule has 0 rings (SSSR count). The van der Waals surface area contributed by atoms with Gasteiger partial charge in [-0.1, -0.05) is 29.8 Å². The minimum Gasteiger partial charge on any atom is -0.391 e. The summed E-state index contributed by atoms with van der Waals surface area (Å²) in [5.74, 6) is 0.167. The van der Waals surface area contributed by atoms with Gasteiger partial charge in [0.25, 0.3) is 0 Å². The maximum Gasteiger partial charge on any atom is 0.220 e. The van der Waals surface area contributed by atoms with Crippen LogP contribution in [-0.4, -0.2) is 29.0 Å². The van der Waals surface area contributed by atoms with E-state index in [0.29, 0.717) is 18.3 Å². The van der Waals surface area contributed by atoms with Gasteiger partial charge in [0, 0.05) is 18.3 Å². The van der Waals surface area contributed by atoms with Crippen LogP contribution in [0.5, 0.6) is 0 Å². The molecule has 0 saturated heterocycles. The van der Waals surface area contributed by atoms with Crippen LogP contribution in [0.4, 0.5) is 0 Å². The van der Waals surface area contributed by atoms with E-state index in [1.165, 1.54) is 0 Å². The molecule has 4 heteroatoms. The van der Waals surface area contributed by atoms with E-state index >= 15 is 0 Å². The zero-order valence-electron chi connectivity index (χ0n) is 7.51. The topological polar surface area (TPSA) is 49.3 Å². The highest BCUT2D eigenvalue weighted by Gasteiger charge is 2.09. The van der Waals surface area contributed by atoms with E-state index in [1.807, 2.05) is 13.8 Å². The SMILES string of the molecule is CC(C)C(O)CNC(=O)CCBr. The Bertz CT molecular complexity index is 139. The van der Waals surface area contributed by atoms with Crippen LogP contribution in [0.15, 0.2) is 0 Å². The number of amides is 1. The summed E-state index contributed by atoms with van der Waals surface area (Å²) < 4.78 is 0. The molecule has 3 nitrogen and oxygen atoms in total. The largest absolute Gasteiger partial charge is 0.391 e. The van der Waals surface area contributed by atoms with Crippen molar-refractivity contribution in [2.24, 2.45) is 5.92 Å². The number of carbonyl (C=O) groups excluding carboxylic acids is 1. The molecule has 0 saturated carbocycles. The monoisotopic (exact) mass is 237 g/mol. The molecule has 1 unspecified atom stereocenters. The van der Waals surface area contributed by atoms with Gasteiger partial charge in [-0.05, 0) is 5.92 Å². The van der Waals surface area contributed by atoms with Crippen LogP contribution in [0.25, 0.3) is 0 Å². The number of hydrogen-bond donors (Lipinski definition) is 2. The van der Waals surface area contributed by atoms with Gasteiger partial charge in [0.05, 0.1) is 6.10 Å². The molecule has 0 bridgehead atoms. The fourth-order valence-electron chi connectivity index (χ4n) is 0.628. The number of carbonyl (C=O) groups is 1. The minimum absolute atomic E-state index is 0.0217. The zero-order chi connectivity index (χ0) is 9.56. The molecule has 0 aromatic rings. The van der Waals surface area contributed by atoms with Crippen LogP contribution in [0, 0.1) is 5.92 Å². The number of halogens is 1. The highest BCUT2D eigenvalue weighted by atomic mass is 79.9. The highest BCUT2D eigenvalue weighted by molar-refractivity contribution is 9.09. The van der Waals surface area contributed by atoms with Crippen LogP contribution in [-0.2, 0) is 4.79 Å². The average molecular weight is 238 g/mol. The Morgan fingerprint density at radius 2 is 2.17 bits per heavy atom. The summed E-state index contributed by atoms with van der Waals surface area (Å²) in [5, 5.41) is 12.6. The van der Waals surface area contributed by atoms with E-state index in [1.54, 1.807) is 0 Å². The Balaban J connectivity index is 3.47. The summed E-state index contributed by atoms with van der Waals surface area (Å²) in [6, 6.07) is 0. The van der Waals surface area contributed by atoms with Crippen LogP contribution in [0.1, 0.15) is 20.3 Å². The average Bonchev–Trinajstić information content (AvgIpc) is 2.00. The van der Waals surface area contributed by atoms with E-state index in [0.717, 1.165) is 0 Å². The van der Waals surface area contributed by atoms with Crippen molar-refractivity contribution in [3.8, 4) is 0 Å². The van der Waals surface area contributed by atoms with Gasteiger partial charge in [0.15, 0.2) is 0 Å². The van der Waals surface area contributed by atoms with Gasteiger partial charge < -0.3 is 10.4 Å². The van der Waals surface area contributed by atoms with Gasteiger partial charge >= 0.3 is 0 Å². The third-order valence-corrected chi connectivity index (χ3v) is 2.00. The molecule has 1 amide bonds. The summed E-state index contributed by atoms with van der Waals surface area (Å²) in [6.07, 6.45) is 0.0226. The lowest BCUT2D eigenvalue weighted by atomic mass is 10.1. The van der Waals surface area contributed by atoms with E-state index in [4.69, 9.17) is 0 Å². The maximum absolute atomic E-state index is 10.9. The van der Waals surface area contributed by atoms with Gasteiger partial charge in [-0.15, -0.1) is 0 Å². The van der Waals surface area contributed by atoms with Gasteiger partial charge in [-0.3, -0.25) is 4.79 Å². The van der Waals surface area contributed by atoms with Crippen molar-refractivity contribution in [2.45, 2.75) is 26.4 Å². The van der Waals surface area contributed by atoms with Gasteiger partial charge in [-0.2, -0.15) is 0 Å². The van der Waals surface area contributed by atoms with Crippen LogP contribution >= 0.6 is 15.9 Å². The van der Waals surface area contributed by atoms with Crippen molar-refractivity contribution in [3.05, 3.63) is 0 Å². The molecule has 1 atom stereocenters. The number of aliphatic hydroxyl groups excluding tert-OH is 1. The molecular formula is C8H16BrNO2. The zero-order valence-corrected chi connectivity index (χ0v) is 9.10. The second-order valence-electron chi connectivity index (χ2n) is 3.05.